The van der Waals surface area contributed by atoms with Gasteiger partial charge in [0.1, 0.15) is 6.07 Å². The fourth-order valence-corrected chi connectivity index (χ4v) is 2.38. The number of likely N-dealkylation sites (N-methyl/N-ethyl adjacent to an activating group) is 1. The summed E-state index contributed by atoms with van der Waals surface area (Å²) in [6, 6.07) is 4.29. The summed E-state index contributed by atoms with van der Waals surface area (Å²) in [6.45, 7) is 5.08. The first-order valence-corrected chi connectivity index (χ1v) is 6.26. The topological polar surface area (TPSA) is 69.2 Å². The van der Waals surface area contributed by atoms with E-state index >= 15 is 0 Å². The second-order valence-corrected chi connectivity index (χ2v) is 4.74. The summed E-state index contributed by atoms with van der Waals surface area (Å²) in [7, 11) is 2.15. The highest BCUT2D eigenvalue weighted by atomic mass is 15.3. The minimum atomic E-state index is 0.511. The lowest BCUT2D eigenvalue weighted by molar-refractivity contribution is 0.213. The summed E-state index contributed by atoms with van der Waals surface area (Å²) in [5.41, 5.74) is 7.08. The molecule has 18 heavy (non-hydrogen) atoms. The van der Waals surface area contributed by atoms with Gasteiger partial charge in [-0.25, -0.2) is 4.98 Å². The lowest BCUT2D eigenvalue weighted by Crippen LogP contribution is -2.51. The fourth-order valence-electron chi connectivity index (χ4n) is 2.38. The minimum absolute atomic E-state index is 0.511. The van der Waals surface area contributed by atoms with Gasteiger partial charge in [-0.3, -0.25) is 4.90 Å². The SMILES string of the molecule is CCC1CN(c2ncc(C#N)cc2N)CCN1C. The Bertz CT molecular complexity index is 465. The Morgan fingerprint density at radius 1 is 1.56 bits per heavy atom. The number of nitriles is 1. The fraction of sp³-hybridized carbons (Fsp3) is 0.538. The van der Waals surface area contributed by atoms with E-state index in [1.54, 1.807) is 12.3 Å². The van der Waals surface area contributed by atoms with Crippen molar-refractivity contribution in [2.45, 2.75) is 19.4 Å². The molecule has 2 N–H and O–H groups in total. The normalized spacial score (nSPS) is 20.7. The van der Waals surface area contributed by atoms with E-state index < -0.39 is 0 Å². The molecule has 1 saturated heterocycles. The van der Waals surface area contributed by atoms with Gasteiger partial charge in [-0.05, 0) is 19.5 Å². The summed E-state index contributed by atoms with van der Waals surface area (Å²) in [4.78, 5) is 8.91. The van der Waals surface area contributed by atoms with Crippen molar-refractivity contribution in [3.63, 3.8) is 0 Å². The molecule has 1 atom stereocenters. The predicted molar refractivity (Wildman–Crippen MR) is 72.3 cm³/mol. The summed E-state index contributed by atoms with van der Waals surface area (Å²) in [5, 5.41) is 8.81. The Kier molecular flexibility index (Phi) is 3.68. The number of rotatable bonds is 2. The van der Waals surface area contributed by atoms with Gasteiger partial charge in [0, 0.05) is 31.9 Å². The molecule has 0 radical (unpaired) electrons. The van der Waals surface area contributed by atoms with E-state index in [0.717, 1.165) is 31.9 Å². The molecule has 1 unspecified atom stereocenters. The van der Waals surface area contributed by atoms with Crippen LogP contribution in [0, 0.1) is 11.3 Å². The van der Waals surface area contributed by atoms with E-state index in [0.29, 0.717) is 17.3 Å². The van der Waals surface area contributed by atoms with Crippen LogP contribution >= 0.6 is 0 Å². The molecule has 0 saturated carbocycles. The van der Waals surface area contributed by atoms with Gasteiger partial charge in [-0.1, -0.05) is 6.92 Å². The molecule has 5 heteroatoms. The number of anilines is 2. The number of nitrogens with two attached hydrogens (primary N) is 1. The highest BCUT2D eigenvalue weighted by Gasteiger charge is 2.24. The third-order valence-electron chi connectivity index (χ3n) is 3.57. The smallest absolute Gasteiger partial charge is 0.151 e. The molecule has 2 rings (SSSR count). The van der Waals surface area contributed by atoms with Crippen molar-refractivity contribution in [3.8, 4) is 6.07 Å². The van der Waals surface area contributed by atoms with Crippen molar-refractivity contribution in [2.75, 3.05) is 37.3 Å². The Labute approximate surface area is 108 Å². The van der Waals surface area contributed by atoms with E-state index in [2.05, 4.69) is 34.8 Å². The third kappa shape index (κ3) is 2.39. The largest absolute Gasteiger partial charge is 0.396 e. The van der Waals surface area contributed by atoms with Crippen molar-refractivity contribution in [2.24, 2.45) is 0 Å². The van der Waals surface area contributed by atoms with Crippen molar-refractivity contribution >= 4 is 11.5 Å². The monoisotopic (exact) mass is 245 g/mol. The molecule has 1 fully saturated rings. The quantitative estimate of drug-likeness (QED) is 0.844. The van der Waals surface area contributed by atoms with Gasteiger partial charge >= 0.3 is 0 Å². The summed E-state index contributed by atoms with van der Waals surface area (Å²) < 4.78 is 0. The zero-order valence-corrected chi connectivity index (χ0v) is 10.9. The highest BCUT2D eigenvalue weighted by molar-refractivity contribution is 5.64. The molecule has 0 spiro atoms. The van der Waals surface area contributed by atoms with Gasteiger partial charge in [0.25, 0.3) is 0 Å². The van der Waals surface area contributed by atoms with Crippen LogP contribution in [0.3, 0.4) is 0 Å². The Balaban J connectivity index is 2.20. The summed E-state index contributed by atoms with van der Waals surface area (Å²) in [6.07, 6.45) is 2.70. The standard InChI is InChI=1S/C13H19N5/c1-3-11-9-18(5-4-17(11)2)13-12(15)6-10(7-14)8-16-13/h6,8,11H,3-5,9,15H2,1-2H3. The zero-order chi connectivity index (χ0) is 13.1. The number of hydrogen-bond donors (Lipinski definition) is 1. The molecule has 96 valence electrons. The molecule has 1 aromatic rings. The number of nitrogens with zero attached hydrogens (tertiary/aromatic N) is 4. The Morgan fingerprint density at radius 3 is 2.94 bits per heavy atom. The average molecular weight is 245 g/mol. The van der Waals surface area contributed by atoms with Gasteiger partial charge in [0.05, 0.1) is 11.3 Å². The summed E-state index contributed by atoms with van der Waals surface area (Å²) >= 11 is 0. The van der Waals surface area contributed by atoms with Crippen LogP contribution in [0.25, 0.3) is 0 Å². The summed E-state index contributed by atoms with van der Waals surface area (Å²) in [5.74, 6) is 0.806. The van der Waals surface area contributed by atoms with Gasteiger partial charge in [-0.15, -0.1) is 0 Å². The highest BCUT2D eigenvalue weighted by Crippen LogP contribution is 2.24. The number of hydrogen-bond acceptors (Lipinski definition) is 5. The molecular formula is C13H19N5. The molecule has 5 nitrogen and oxygen atoms in total. The Hall–Kier alpha value is -1.80. The number of piperazine rings is 1. The van der Waals surface area contributed by atoms with Crippen molar-refractivity contribution in [1.29, 1.82) is 5.26 Å². The molecule has 0 aromatic carbocycles. The third-order valence-corrected chi connectivity index (χ3v) is 3.57. The lowest BCUT2D eigenvalue weighted by atomic mass is 10.1. The second-order valence-electron chi connectivity index (χ2n) is 4.74. The maximum absolute atomic E-state index is 8.81. The zero-order valence-electron chi connectivity index (χ0n) is 10.9. The van der Waals surface area contributed by atoms with Crippen LogP contribution in [0.15, 0.2) is 12.3 Å². The van der Waals surface area contributed by atoms with Gasteiger partial charge in [-0.2, -0.15) is 5.26 Å². The van der Waals surface area contributed by atoms with Crippen molar-refractivity contribution in [1.82, 2.24) is 9.88 Å². The minimum Gasteiger partial charge on any atom is -0.396 e. The molecule has 1 aromatic heterocycles. The van der Waals surface area contributed by atoms with Crippen LogP contribution in [0.2, 0.25) is 0 Å². The van der Waals surface area contributed by atoms with Gasteiger partial charge in [0.15, 0.2) is 5.82 Å². The van der Waals surface area contributed by atoms with Crippen LogP contribution in [0.5, 0.6) is 0 Å². The first-order chi connectivity index (χ1) is 8.65. The van der Waals surface area contributed by atoms with E-state index in [1.807, 2.05) is 0 Å². The van der Waals surface area contributed by atoms with Gasteiger partial charge in [0.2, 0.25) is 0 Å². The van der Waals surface area contributed by atoms with Crippen LogP contribution in [0.4, 0.5) is 11.5 Å². The Morgan fingerprint density at radius 2 is 2.33 bits per heavy atom. The second kappa shape index (κ2) is 5.23. The van der Waals surface area contributed by atoms with Crippen LogP contribution in [0.1, 0.15) is 18.9 Å². The van der Waals surface area contributed by atoms with Crippen LogP contribution in [-0.2, 0) is 0 Å². The maximum atomic E-state index is 8.81. The first kappa shape index (κ1) is 12.7. The molecular weight excluding hydrogens is 226 g/mol. The van der Waals surface area contributed by atoms with E-state index in [-0.39, 0.29) is 0 Å². The molecule has 0 bridgehead atoms. The van der Waals surface area contributed by atoms with Crippen LogP contribution < -0.4 is 10.6 Å². The predicted octanol–water partition coefficient (Wildman–Crippen LogP) is 1.07. The molecule has 1 aliphatic rings. The van der Waals surface area contributed by atoms with E-state index in [9.17, 15) is 0 Å². The molecule has 1 aliphatic heterocycles. The molecule has 0 aliphatic carbocycles. The molecule has 0 amide bonds. The van der Waals surface area contributed by atoms with Crippen molar-refractivity contribution < 1.29 is 0 Å². The number of aromatic nitrogens is 1. The first-order valence-electron chi connectivity index (χ1n) is 6.26. The number of nitrogen functional groups attached to an aromatic ring is 1. The molecule has 2 heterocycles. The number of pyridine rings is 1. The lowest BCUT2D eigenvalue weighted by Gasteiger charge is -2.40. The van der Waals surface area contributed by atoms with Crippen LogP contribution in [-0.4, -0.2) is 42.6 Å². The van der Waals surface area contributed by atoms with Gasteiger partial charge < -0.3 is 10.6 Å². The van der Waals surface area contributed by atoms with Crippen molar-refractivity contribution in [3.05, 3.63) is 17.8 Å². The average Bonchev–Trinajstić information content (AvgIpc) is 2.39. The van der Waals surface area contributed by atoms with E-state index in [1.165, 1.54) is 0 Å². The van der Waals surface area contributed by atoms with E-state index in [4.69, 9.17) is 11.0 Å². The maximum Gasteiger partial charge on any atom is 0.151 e.